The monoisotopic (exact) mass is 373 g/mol. The van der Waals surface area contributed by atoms with Crippen molar-refractivity contribution < 1.29 is 23.5 Å². The standard InChI is InChI=1S/C19H17F2N3O3/c20-10-3-4-14(13(21)7-10)24-17-11-5-9(11)6-12(17)16(23-24)18(25)22-15(19(26)27)8-1-2-8/h3-4,7-9,11,15H,1-2,5-6H2,(H,22,25)(H,26,27)/t9-,11-,15+/m1/s1. The van der Waals surface area contributed by atoms with E-state index in [0.717, 1.165) is 42.7 Å². The van der Waals surface area contributed by atoms with Gasteiger partial charge in [0, 0.05) is 17.5 Å². The second-order valence-corrected chi connectivity index (χ2v) is 7.65. The lowest BCUT2D eigenvalue weighted by Gasteiger charge is -2.13. The topological polar surface area (TPSA) is 84.2 Å². The summed E-state index contributed by atoms with van der Waals surface area (Å²) in [5.74, 6) is -2.46. The van der Waals surface area contributed by atoms with Crippen LogP contribution in [0.3, 0.4) is 0 Å². The Labute approximate surface area is 153 Å². The molecule has 2 aromatic rings. The number of benzene rings is 1. The van der Waals surface area contributed by atoms with Crippen LogP contribution in [0.2, 0.25) is 0 Å². The molecular weight excluding hydrogens is 356 g/mol. The van der Waals surface area contributed by atoms with Gasteiger partial charge in [-0.1, -0.05) is 0 Å². The number of hydrogen-bond acceptors (Lipinski definition) is 3. The predicted octanol–water partition coefficient (Wildman–Crippen LogP) is 2.40. The minimum absolute atomic E-state index is 0.0514. The molecule has 3 aliphatic carbocycles. The van der Waals surface area contributed by atoms with Crippen LogP contribution in [0.4, 0.5) is 8.78 Å². The first-order valence-corrected chi connectivity index (χ1v) is 9.05. The van der Waals surface area contributed by atoms with E-state index in [1.807, 2.05) is 0 Å². The van der Waals surface area contributed by atoms with Crippen molar-refractivity contribution in [3.63, 3.8) is 0 Å². The third-order valence-electron chi connectivity index (χ3n) is 5.76. The number of carbonyl (C=O) groups excluding carboxylic acids is 1. The number of halogens is 2. The van der Waals surface area contributed by atoms with E-state index < -0.39 is 29.6 Å². The zero-order valence-corrected chi connectivity index (χ0v) is 14.3. The number of fused-ring (bicyclic) bond motifs is 3. The normalized spacial score (nSPS) is 23.5. The van der Waals surface area contributed by atoms with Crippen molar-refractivity contribution in [2.75, 3.05) is 0 Å². The van der Waals surface area contributed by atoms with Crippen molar-refractivity contribution >= 4 is 11.9 Å². The number of amides is 1. The molecule has 5 rings (SSSR count). The maximum absolute atomic E-state index is 14.3. The third kappa shape index (κ3) is 2.62. The van der Waals surface area contributed by atoms with E-state index in [1.54, 1.807) is 0 Å². The molecule has 0 unspecified atom stereocenters. The van der Waals surface area contributed by atoms with Crippen molar-refractivity contribution in [1.29, 1.82) is 0 Å². The number of carboxylic acid groups (broad SMARTS) is 1. The third-order valence-corrected chi connectivity index (χ3v) is 5.76. The van der Waals surface area contributed by atoms with Crippen LogP contribution in [0.5, 0.6) is 0 Å². The molecule has 1 amide bonds. The van der Waals surface area contributed by atoms with E-state index in [2.05, 4.69) is 10.4 Å². The molecule has 1 heterocycles. The first kappa shape index (κ1) is 16.4. The second kappa shape index (κ2) is 5.61. The number of hydrogen-bond donors (Lipinski definition) is 2. The van der Waals surface area contributed by atoms with E-state index in [0.29, 0.717) is 12.3 Å². The maximum Gasteiger partial charge on any atom is 0.326 e. The quantitative estimate of drug-likeness (QED) is 0.843. The molecule has 2 saturated carbocycles. The summed E-state index contributed by atoms with van der Waals surface area (Å²) in [6.07, 6.45) is 3.18. The lowest BCUT2D eigenvalue weighted by Crippen LogP contribution is -2.42. The smallest absolute Gasteiger partial charge is 0.326 e. The molecule has 0 spiro atoms. The largest absolute Gasteiger partial charge is 0.480 e. The molecule has 3 atom stereocenters. The van der Waals surface area contributed by atoms with E-state index in [9.17, 15) is 23.5 Å². The van der Waals surface area contributed by atoms with E-state index in [-0.39, 0.29) is 23.2 Å². The van der Waals surface area contributed by atoms with Crippen LogP contribution in [0, 0.1) is 23.5 Å². The van der Waals surface area contributed by atoms with Gasteiger partial charge in [-0.15, -0.1) is 0 Å². The van der Waals surface area contributed by atoms with Crippen molar-refractivity contribution in [1.82, 2.24) is 15.1 Å². The zero-order valence-electron chi connectivity index (χ0n) is 14.3. The van der Waals surface area contributed by atoms with Crippen molar-refractivity contribution in [3.8, 4) is 5.69 Å². The summed E-state index contributed by atoms with van der Waals surface area (Å²) >= 11 is 0. The highest BCUT2D eigenvalue weighted by atomic mass is 19.1. The molecule has 2 N–H and O–H groups in total. The van der Waals surface area contributed by atoms with Gasteiger partial charge in [-0.05, 0) is 49.7 Å². The average Bonchev–Trinajstić information content (AvgIpc) is 3.52. The fourth-order valence-electron chi connectivity index (χ4n) is 4.16. The van der Waals surface area contributed by atoms with Crippen molar-refractivity contribution in [2.24, 2.45) is 11.8 Å². The first-order valence-electron chi connectivity index (χ1n) is 9.05. The Balaban J connectivity index is 1.53. The maximum atomic E-state index is 14.3. The Morgan fingerprint density at radius 2 is 2.07 bits per heavy atom. The van der Waals surface area contributed by atoms with Crippen LogP contribution in [-0.2, 0) is 11.2 Å². The molecule has 6 nitrogen and oxygen atoms in total. The number of nitrogens with zero attached hydrogens (tertiary/aromatic N) is 2. The number of rotatable bonds is 5. The number of aromatic nitrogens is 2. The summed E-state index contributed by atoms with van der Waals surface area (Å²) in [5, 5.41) is 16.2. The average molecular weight is 373 g/mol. The molecule has 0 radical (unpaired) electrons. The van der Waals surface area contributed by atoms with Gasteiger partial charge in [-0.25, -0.2) is 18.3 Å². The Bertz CT molecular complexity index is 983. The fraction of sp³-hybridized carbons (Fsp3) is 0.421. The van der Waals surface area contributed by atoms with Gasteiger partial charge >= 0.3 is 5.97 Å². The van der Waals surface area contributed by atoms with E-state index in [1.165, 1.54) is 10.7 Å². The molecule has 8 heteroatoms. The highest BCUT2D eigenvalue weighted by Gasteiger charge is 2.50. The fourth-order valence-corrected chi connectivity index (χ4v) is 4.16. The highest BCUT2D eigenvalue weighted by molar-refractivity contribution is 5.97. The van der Waals surface area contributed by atoms with Crippen LogP contribution in [0.15, 0.2) is 18.2 Å². The van der Waals surface area contributed by atoms with E-state index in [4.69, 9.17) is 0 Å². The summed E-state index contributed by atoms with van der Waals surface area (Å²) in [4.78, 5) is 24.2. The lowest BCUT2D eigenvalue weighted by molar-refractivity contribution is -0.139. The first-order chi connectivity index (χ1) is 12.9. The Morgan fingerprint density at radius 1 is 1.30 bits per heavy atom. The molecular formula is C19H17F2N3O3. The van der Waals surface area contributed by atoms with Gasteiger partial charge in [-0.3, -0.25) is 4.79 Å². The summed E-state index contributed by atoms with van der Waals surface area (Å²) in [7, 11) is 0. The number of aliphatic carboxylic acids is 1. The predicted molar refractivity (Wildman–Crippen MR) is 89.6 cm³/mol. The molecule has 27 heavy (non-hydrogen) atoms. The van der Waals surface area contributed by atoms with Crippen molar-refractivity contribution in [3.05, 3.63) is 46.8 Å². The second-order valence-electron chi connectivity index (χ2n) is 7.65. The van der Waals surface area contributed by atoms with Crippen LogP contribution >= 0.6 is 0 Å². The number of nitrogens with one attached hydrogen (secondary N) is 1. The van der Waals surface area contributed by atoms with Crippen LogP contribution in [0.25, 0.3) is 5.69 Å². The van der Waals surface area contributed by atoms with Crippen LogP contribution < -0.4 is 5.32 Å². The van der Waals surface area contributed by atoms with Gasteiger partial charge in [0.25, 0.3) is 5.91 Å². The Kier molecular flexibility index (Phi) is 3.41. The van der Waals surface area contributed by atoms with Crippen molar-refractivity contribution in [2.45, 2.75) is 37.6 Å². The molecule has 2 fully saturated rings. The van der Waals surface area contributed by atoms with Gasteiger partial charge in [0.1, 0.15) is 17.5 Å². The summed E-state index contributed by atoms with van der Waals surface area (Å²) < 4.78 is 29.0. The van der Waals surface area contributed by atoms with Gasteiger partial charge in [0.2, 0.25) is 0 Å². The van der Waals surface area contributed by atoms with Gasteiger partial charge < -0.3 is 10.4 Å². The van der Waals surface area contributed by atoms with Gasteiger partial charge in [-0.2, -0.15) is 5.10 Å². The zero-order chi connectivity index (χ0) is 18.9. The number of carboxylic acids is 1. The molecule has 0 bridgehead atoms. The minimum Gasteiger partial charge on any atom is -0.480 e. The molecule has 1 aromatic carbocycles. The minimum atomic E-state index is -1.06. The lowest BCUT2D eigenvalue weighted by atomic mass is 10.1. The molecule has 140 valence electrons. The Morgan fingerprint density at radius 3 is 2.74 bits per heavy atom. The van der Waals surface area contributed by atoms with Crippen LogP contribution in [0.1, 0.15) is 46.9 Å². The van der Waals surface area contributed by atoms with Crippen LogP contribution in [-0.4, -0.2) is 32.8 Å². The van der Waals surface area contributed by atoms with Gasteiger partial charge in [0.15, 0.2) is 11.5 Å². The van der Waals surface area contributed by atoms with E-state index >= 15 is 0 Å². The molecule has 0 aliphatic heterocycles. The van der Waals surface area contributed by atoms with Gasteiger partial charge in [0.05, 0.1) is 5.69 Å². The SMILES string of the molecule is O=C(N[C@H](C(=O)O)C1CC1)c1nn(-c2ccc(F)cc2F)c2c1C[C@H]1C[C@@H]21. The number of carbonyl (C=O) groups is 2. The molecule has 1 aromatic heterocycles. The summed E-state index contributed by atoms with van der Waals surface area (Å²) in [6, 6.07) is 2.31. The Hall–Kier alpha value is -2.77. The molecule has 3 aliphatic rings. The highest BCUT2D eigenvalue weighted by Crippen LogP contribution is 2.57. The summed E-state index contributed by atoms with van der Waals surface area (Å²) in [6.45, 7) is 0. The molecule has 0 saturated heterocycles. The summed E-state index contributed by atoms with van der Waals surface area (Å²) in [5.41, 5.74) is 1.77.